The lowest BCUT2D eigenvalue weighted by atomic mass is 10.2. The Labute approximate surface area is 124 Å². The van der Waals surface area contributed by atoms with Crippen molar-refractivity contribution in [2.45, 2.75) is 13.5 Å². The molecule has 0 bridgehead atoms. The molecule has 0 atom stereocenters. The molecule has 8 nitrogen and oxygen atoms in total. The fourth-order valence-corrected chi connectivity index (χ4v) is 1.90. The molecule has 21 heavy (non-hydrogen) atoms. The molecule has 2 heterocycles. The molecule has 0 unspecified atom stereocenters. The number of pyridine rings is 1. The summed E-state index contributed by atoms with van der Waals surface area (Å²) >= 11 is 5.79. The van der Waals surface area contributed by atoms with E-state index in [1.807, 2.05) is 0 Å². The maximum Gasteiger partial charge on any atom is 0.358 e. The zero-order valence-electron chi connectivity index (χ0n) is 11.1. The van der Waals surface area contributed by atoms with E-state index in [1.165, 1.54) is 16.9 Å². The van der Waals surface area contributed by atoms with E-state index in [-0.39, 0.29) is 23.3 Å². The number of nitrogens with zero attached hydrogens (tertiary/aromatic N) is 4. The molecule has 0 aliphatic heterocycles. The summed E-state index contributed by atoms with van der Waals surface area (Å²) in [5.41, 5.74) is 0.921. The number of aromatic carboxylic acids is 1. The third kappa shape index (κ3) is 3.99. The fraction of sp³-hybridized carbons (Fsp3) is 0.250. The van der Waals surface area contributed by atoms with Crippen molar-refractivity contribution in [3.05, 3.63) is 40.4 Å². The van der Waals surface area contributed by atoms with Crippen LogP contribution in [0.2, 0.25) is 5.15 Å². The second-order valence-electron chi connectivity index (χ2n) is 4.25. The summed E-state index contributed by atoms with van der Waals surface area (Å²) in [6.07, 6.45) is 1.29. The van der Waals surface area contributed by atoms with Crippen LogP contribution < -0.4 is 5.32 Å². The van der Waals surface area contributed by atoms with Gasteiger partial charge in [-0.25, -0.2) is 14.5 Å². The highest BCUT2D eigenvalue weighted by atomic mass is 35.5. The highest BCUT2D eigenvalue weighted by molar-refractivity contribution is 6.29. The van der Waals surface area contributed by atoms with Crippen LogP contribution in [0, 0.1) is 6.92 Å². The van der Waals surface area contributed by atoms with Gasteiger partial charge in [-0.15, -0.1) is 5.10 Å². The predicted octanol–water partition coefficient (Wildman–Crippen LogP) is 0.763. The summed E-state index contributed by atoms with van der Waals surface area (Å²) in [6, 6.07) is 3.10. The van der Waals surface area contributed by atoms with Gasteiger partial charge in [-0.1, -0.05) is 16.8 Å². The fourth-order valence-electron chi connectivity index (χ4n) is 1.65. The number of aryl methyl sites for hydroxylation is 1. The van der Waals surface area contributed by atoms with Crippen molar-refractivity contribution >= 4 is 23.5 Å². The second-order valence-corrected chi connectivity index (χ2v) is 4.64. The standard InChI is InChI=1S/C12H12ClN5O3/c1-7-4-8(5-10(13)15-7)11(19)14-2-3-18-6-9(12(20)21)16-17-18/h4-6H,2-3H2,1H3,(H,14,19)(H,20,21). The quantitative estimate of drug-likeness (QED) is 0.789. The smallest absolute Gasteiger partial charge is 0.358 e. The molecule has 0 aliphatic carbocycles. The first-order valence-electron chi connectivity index (χ1n) is 6.01. The van der Waals surface area contributed by atoms with E-state index in [0.717, 1.165) is 0 Å². The van der Waals surface area contributed by atoms with E-state index in [0.29, 0.717) is 17.8 Å². The average Bonchev–Trinajstić information content (AvgIpc) is 2.86. The minimum Gasteiger partial charge on any atom is -0.476 e. The summed E-state index contributed by atoms with van der Waals surface area (Å²) < 4.78 is 1.34. The van der Waals surface area contributed by atoms with Crippen LogP contribution in [0.1, 0.15) is 26.5 Å². The van der Waals surface area contributed by atoms with Crippen LogP contribution in [0.25, 0.3) is 0 Å². The zero-order valence-corrected chi connectivity index (χ0v) is 11.8. The van der Waals surface area contributed by atoms with Crippen LogP contribution >= 0.6 is 11.6 Å². The third-order valence-electron chi connectivity index (χ3n) is 2.57. The first kappa shape index (κ1) is 14.9. The van der Waals surface area contributed by atoms with E-state index in [4.69, 9.17) is 16.7 Å². The van der Waals surface area contributed by atoms with Gasteiger partial charge in [0.2, 0.25) is 0 Å². The largest absolute Gasteiger partial charge is 0.476 e. The van der Waals surface area contributed by atoms with Crippen LogP contribution in [0.5, 0.6) is 0 Å². The number of aromatic nitrogens is 4. The Bertz CT molecular complexity index is 665. The van der Waals surface area contributed by atoms with Crippen molar-refractivity contribution in [2.24, 2.45) is 0 Å². The monoisotopic (exact) mass is 309 g/mol. The highest BCUT2D eigenvalue weighted by Gasteiger charge is 2.10. The Morgan fingerprint density at radius 2 is 2.19 bits per heavy atom. The number of amides is 1. The second kappa shape index (κ2) is 6.31. The minimum absolute atomic E-state index is 0.141. The van der Waals surface area contributed by atoms with Crippen molar-refractivity contribution in [3.8, 4) is 0 Å². The highest BCUT2D eigenvalue weighted by Crippen LogP contribution is 2.10. The van der Waals surface area contributed by atoms with Crippen LogP contribution in [-0.4, -0.2) is 43.5 Å². The lowest BCUT2D eigenvalue weighted by Gasteiger charge is -2.06. The van der Waals surface area contributed by atoms with Gasteiger partial charge in [0, 0.05) is 17.8 Å². The number of nitrogens with one attached hydrogen (secondary N) is 1. The average molecular weight is 310 g/mol. The van der Waals surface area contributed by atoms with E-state index < -0.39 is 5.97 Å². The number of halogens is 1. The van der Waals surface area contributed by atoms with Crippen LogP contribution in [0.4, 0.5) is 0 Å². The summed E-state index contributed by atoms with van der Waals surface area (Å²) in [5, 5.41) is 18.7. The Balaban J connectivity index is 1.90. The van der Waals surface area contributed by atoms with Crippen molar-refractivity contribution in [3.63, 3.8) is 0 Å². The minimum atomic E-state index is -1.15. The number of carboxylic acids is 1. The van der Waals surface area contributed by atoms with Crippen molar-refractivity contribution in [1.82, 2.24) is 25.3 Å². The van der Waals surface area contributed by atoms with Gasteiger partial charge < -0.3 is 10.4 Å². The van der Waals surface area contributed by atoms with Crippen LogP contribution in [0.15, 0.2) is 18.3 Å². The molecular weight excluding hydrogens is 298 g/mol. The topological polar surface area (TPSA) is 110 Å². The summed E-state index contributed by atoms with van der Waals surface area (Å²) in [6.45, 7) is 2.33. The Kier molecular flexibility index (Phi) is 4.49. The molecule has 0 saturated carbocycles. The molecule has 2 N–H and O–H groups in total. The van der Waals surface area contributed by atoms with Crippen molar-refractivity contribution < 1.29 is 14.7 Å². The van der Waals surface area contributed by atoms with Gasteiger partial charge in [-0.3, -0.25) is 4.79 Å². The van der Waals surface area contributed by atoms with Crippen LogP contribution in [0.3, 0.4) is 0 Å². The predicted molar refractivity (Wildman–Crippen MR) is 73.3 cm³/mol. The number of rotatable bonds is 5. The maximum atomic E-state index is 11.9. The molecule has 0 saturated heterocycles. The Hall–Kier alpha value is -2.48. The van der Waals surface area contributed by atoms with Gasteiger partial charge in [0.25, 0.3) is 5.91 Å². The third-order valence-corrected chi connectivity index (χ3v) is 2.76. The molecule has 9 heteroatoms. The molecule has 0 radical (unpaired) electrons. The van der Waals surface area contributed by atoms with E-state index >= 15 is 0 Å². The molecule has 110 valence electrons. The SMILES string of the molecule is Cc1cc(C(=O)NCCn2cc(C(=O)O)nn2)cc(Cl)n1. The van der Waals surface area contributed by atoms with E-state index in [1.54, 1.807) is 13.0 Å². The van der Waals surface area contributed by atoms with Crippen molar-refractivity contribution in [2.75, 3.05) is 6.54 Å². The van der Waals surface area contributed by atoms with Gasteiger partial charge >= 0.3 is 5.97 Å². The van der Waals surface area contributed by atoms with Gasteiger partial charge in [0.15, 0.2) is 5.69 Å². The number of hydrogen-bond acceptors (Lipinski definition) is 5. The number of carboxylic acid groups (broad SMARTS) is 1. The molecule has 2 aromatic heterocycles. The first-order valence-corrected chi connectivity index (χ1v) is 6.39. The molecule has 1 amide bonds. The van der Waals surface area contributed by atoms with Gasteiger partial charge in [-0.2, -0.15) is 0 Å². The molecule has 2 rings (SSSR count). The number of hydrogen-bond donors (Lipinski definition) is 2. The maximum absolute atomic E-state index is 11.9. The lowest BCUT2D eigenvalue weighted by molar-refractivity contribution is 0.0690. The van der Waals surface area contributed by atoms with E-state index in [2.05, 4.69) is 20.6 Å². The first-order chi connectivity index (χ1) is 9.95. The number of carbonyl (C=O) groups excluding carboxylic acids is 1. The van der Waals surface area contributed by atoms with E-state index in [9.17, 15) is 9.59 Å². The Morgan fingerprint density at radius 1 is 1.43 bits per heavy atom. The molecule has 0 aromatic carbocycles. The Morgan fingerprint density at radius 3 is 2.81 bits per heavy atom. The summed E-state index contributed by atoms with van der Waals surface area (Å²) in [7, 11) is 0. The number of carbonyl (C=O) groups is 2. The van der Waals surface area contributed by atoms with Crippen LogP contribution in [-0.2, 0) is 6.54 Å². The molecule has 0 spiro atoms. The molecular formula is C12H12ClN5O3. The van der Waals surface area contributed by atoms with Gasteiger partial charge in [-0.05, 0) is 19.1 Å². The normalized spacial score (nSPS) is 10.4. The zero-order chi connectivity index (χ0) is 15.4. The van der Waals surface area contributed by atoms with Gasteiger partial charge in [0.05, 0.1) is 12.7 Å². The summed E-state index contributed by atoms with van der Waals surface area (Å²) in [5.74, 6) is -1.44. The molecule has 0 aliphatic rings. The van der Waals surface area contributed by atoms with Crippen molar-refractivity contribution in [1.29, 1.82) is 0 Å². The molecule has 0 fully saturated rings. The van der Waals surface area contributed by atoms with Gasteiger partial charge in [0.1, 0.15) is 5.15 Å². The lowest BCUT2D eigenvalue weighted by Crippen LogP contribution is -2.27. The summed E-state index contributed by atoms with van der Waals surface area (Å²) in [4.78, 5) is 26.5. The molecule has 2 aromatic rings.